The zero-order chi connectivity index (χ0) is 12.1. The van der Waals surface area contributed by atoms with Crippen LogP contribution in [0.1, 0.15) is 58.3 Å². The highest BCUT2D eigenvalue weighted by Crippen LogP contribution is 2.06. The lowest BCUT2D eigenvalue weighted by Crippen LogP contribution is -1.96. The van der Waals surface area contributed by atoms with Crippen LogP contribution in [0.4, 0.5) is 0 Å². The van der Waals surface area contributed by atoms with Gasteiger partial charge in [0.1, 0.15) is 0 Å². The topological polar surface area (TPSA) is 26.3 Å². The number of hydrogen-bond donors (Lipinski definition) is 0. The van der Waals surface area contributed by atoms with E-state index in [4.69, 9.17) is 0 Å². The van der Waals surface area contributed by atoms with Crippen molar-refractivity contribution in [3.8, 4) is 0 Å². The van der Waals surface area contributed by atoms with Crippen molar-refractivity contribution in [1.29, 1.82) is 0 Å². The van der Waals surface area contributed by atoms with Crippen LogP contribution >= 0.6 is 0 Å². The molecule has 0 fully saturated rings. The van der Waals surface area contributed by atoms with Gasteiger partial charge >= 0.3 is 5.97 Å². The number of rotatable bonds is 9. The number of ether oxygens (including phenoxy) is 1. The van der Waals surface area contributed by atoms with Gasteiger partial charge < -0.3 is 4.74 Å². The lowest BCUT2D eigenvalue weighted by atomic mass is 10.1. The van der Waals surface area contributed by atoms with Gasteiger partial charge in [-0.05, 0) is 25.0 Å². The van der Waals surface area contributed by atoms with E-state index in [0.717, 1.165) is 6.42 Å². The molecule has 16 heavy (non-hydrogen) atoms. The largest absolute Gasteiger partial charge is 0.469 e. The van der Waals surface area contributed by atoms with Crippen molar-refractivity contribution in [1.82, 2.24) is 0 Å². The number of unbranched alkanes of at least 4 members (excludes halogenated alkanes) is 6. The van der Waals surface area contributed by atoms with Gasteiger partial charge in [-0.25, -0.2) is 0 Å². The molecule has 2 nitrogen and oxygen atoms in total. The van der Waals surface area contributed by atoms with E-state index in [1.165, 1.54) is 45.6 Å². The van der Waals surface area contributed by atoms with Crippen molar-refractivity contribution in [2.45, 2.75) is 58.3 Å². The van der Waals surface area contributed by atoms with Gasteiger partial charge in [0.2, 0.25) is 0 Å². The Morgan fingerprint density at radius 2 is 1.81 bits per heavy atom. The first-order valence-electron chi connectivity index (χ1n) is 6.27. The molecule has 0 aliphatic carbocycles. The molecule has 0 heterocycles. The SMILES string of the molecule is CCCCCCCCC=C=CCC(=O)OC. The van der Waals surface area contributed by atoms with Gasteiger partial charge in [-0.1, -0.05) is 39.0 Å². The lowest BCUT2D eigenvalue weighted by molar-refractivity contribution is -0.139. The molecular formula is C14H24O2. The van der Waals surface area contributed by atoms with Crippen LogP contribution in [-0.4, -0.2) is 13.1 Å². The Hall–Kier alpha value is -1.01. The van der Waals surface area contributed by atoms with E-state index in [9.17, 15) is 4.79 Å². The molecular weight excluding hydrogens is 200 g/mol. The third-order valence-corrected chi connectivity index (χ3v) is 2.43. The van der Waals surface area contributed by atoms with Gasteiger partial charge in [0.15, 0.2) is 0 Å². The highest BCUT2D eigenvalue weighted by atomic mass is 16.5. The molecule has 0 spiro atoms. The number of carbonyl (C=O) groups is 1. The fraction of sp³-hybridized carbons (Fsp3) is 0.714. The Kier molecular flexibility index (Phi) is 11.3. The van der Waals surface area contributed by atoms with Gasteiger partial charge in [0, 0.05) is 0 Å². The molecule has 0 radical (unpaired) electrons. The molecule has 0 saturated heterocycles. The molecule has 0 unspecified atom stereocenters. The summed E-state index contributed by atoms with van der Waals surface area (Å²) in [5.41, 5.74) is 3.00. The average molecular weight is 224 g/mol. The summed E-state index contributed by atoms with van der Waals surface area (Å²) in [6, 6.07) is 0. The lowest BCUT2D eigenvalue weighted by Gasteiger charge is -1.96. The van der Waals surface area contributed by atoms with Crippen LogP contribution in [0, 0.1) is 0 Å². The molecule has 0 N–H and O–H groups in total. The second-order valence-electron chi connectivity index (χ2n) is 3.91. The number of esters is 1. The van der Waals surface area contributed by atoms with Gasteiger partial charge in [-0.15, -0.1) is 5.73 Å². The summed E-state index contributed by atoms with van der Waals surface area (Å²) in [6.07, 6.45) is 13.0. The molecule has 0 aromatic rings. The molecule has 0 aliphatic rings. The van der Waals surface area contributed by atoms with Crippen LogP contribution in [0.25, 0.3) is 0 Å². The molecule has 0 aromatic heterocycles. The van der Waals surface area contributed by atoms with E-state index >= 15 is 0 Å². The number of methoxy groups -OCH3 is 1. The van der Waals surface area contributed by atoms with Crippen LogP contribution in [0.5, 0.6) is 0 Å². The predicted molar refractivity (Wildman–Crippen MR) is 67.3 cm³/mol. The van der Waals surface area contributed by atoms with Crippen molar-refractivity contribution in [2.24, 2.45) is 0 Å². The minimum absolute atomic E-state index is 0.208. The van der Waals surface area contributed by atoms with Crippen LogP contribution in [-0.2, 0) is 9.53 Å². The van der Waals surface area contributed by atoms with E-state index in [-0.39, 0.29) is 5.97 Å². The van der Waals surface area contributed by atoms with Crippen LogP contribution in [0.15, 0.2) is 17.9 Å². The third kappa shape index (κ3) is 11.1. The summed E-state index contributed by atoms with van der Waals surface area (Å²) in [7, 11) is 1.40. The van der Waals surface area contributed by atoms with Crippen LogP contribution < -0.4 is 0 Å². The van der Waals surface area contributed by atoms with Gasteiger partial charge in [0.05, 0.1) is 13.5 Å². The fourth-order valence-electron chi connectivity index (χ4n) is 1.42. The Bertz CT molecular complexity index is 225. The minimum atomic E-state index is -0.208. The zero-order valence-electron chi connectivity index (χ0n) is 10.6. The molecule has 2 heteroatoms. The Morgan fingerprint density at radius 3 is 2.50 bits per heavy atom. The second kappa shape index (κ2) is 12.1. The Balaban J connectivity index is 3.30. The molecule has 0 aliphatic heterocycles. The molecule has 0 amide bonds. The maximum atomic E-state index is 10.7. The van der Waals surface area contributed by atoms with Crippen molar-refractivity contribution in [3.63, 3.8) is 0 Å². The summed E-state index contributed by atoms with van der Waals surface area (Å²) < 4.78 is 4.51. The second-order valence-corrected chi connectivity index (χ2v) is 3.91. The van der Waals surface area contributed by atoms with Crippen molar-refractivity contribution in [3.05, 3.63) is 17.9 Å². The molecule has 0 rings (SSSR count). The van der Waals surface area contributed by atoms with Gasteiger partial charge in [-0.3, -0.25) is 4.79 Å². The number of carbonyl (C=O) groups excluding carboxylic acids is 1. The van der Waals surface area contributed by atoms with E-state index in [1.807, 2.05) is 6.08 Å². The summed E-state index contributed by atoms with van der Waals surface area (Å²) in [6.45, 7) is 2.23. The highest BCUT2D eigenvalue weighted by Gasteiger charge is 1.92. The molecule has 0 atom stereocenters. The van der Waals surface area contributed by atoms with Crippen LogP contribution in [0.2, 0.25) is 0 Å². The van der Waals surface area contributed by atoms with E-state index in [1.54, 1.807) is 6.08 Å². The van der Waals surface area contributed by atoms with Crippen molar-refractivity contribution in [2.75, 3.05) is 7.11 Å². The standard InChI is InChI=1S/C14H24O2/c1-3-4-5-6-7-8-9-10-11-12-13-14(15)16-2/h10,12H,3-9,13H2,1-2H3. The summed E-state index contributed by atoms with van der Waals surface area (Å²) >= 11 is 0. The van der Waals surface area contributed by atoms with E-state index < -0.39 is 0 Å². The molecule has 0 aromatic carbocycles. The molecule has 0 bridgehead atoms. The normalized spacial score (nSPS) is 9.38. The Labute approximate surface area is 99.4 Å². The number of hydrogen-bond acceptors (Lipinski definition) is 2. The molecule has 92 valence electrons. The first-order valence-corrected chi connectivity index (χ1v) is 6.27. The minimum Gasteiger partial charge on any atom is -0.469 e. The Morgan fingerprint density at radius 1 is 1.12 bits per heavy atom. The highest BCUT2D eigenvalue weighted by molar-refractivity contribution is 5.70. The maximum absolute atomic E-state index is 10.7. The van der Waals surface area contributed by atoms with E-state index in [0.29, 0.717) is 6.42 Å². The van der Waals surface area contributed by atoms with Crippen molar-refractivity contribution < 1.29 is 9.53 Å². The van der Waals surface area contributed by atoms with Gasteiger partial charge in [0.25, 0.3) is 0 Å². The zero-order valence-corrected chi connectivity index (χ0v) is 10.6. The molecule has 0 saturated carbocycles. The predicted octanol–water partition coefficient (Wildman–Crippen LogP) is 4.01. The van der Waals surface area contributed by atoms with Crippen LogP contribution in [0.3, 0.4) is 0 Å². The van der Waals surface area contributed by atoms with Gasteiger partial charge in [-0.2, -0.15) is 0 Å². The van der Waals surface area contributed by atoms with Crippen molar-refractivity contribution >= 4 is 5.97 Å². The summed E-state index contributed by atoms with van der Waals surface area (Å²) in [5, 5.41) is 0. The summed E-state index contributed by atoms with van der Waals surface area (Å²) in [4.78, 5) is 10.7. The smallest absolute Gasteiger partial charge is 0.309 e. The quantitative estimate of drug-likeness (QED) is 0.336. The first-order chi connectivity index (χ1) is 7.81. The summed E-state index contributed by atoms with van der Waals surface area (Å²) in [5.74, 6) is -0.208. The van der Waals surface area contributed by atoms with E-state index in [2.05, 4.69) is 17.4 Å². The first kappa shape index (κ1) is 15.0. The monoisotopic (exact) mass is 224 g/mol. The third-order valence-electron chi connectivity index (χ3n) is 2.43. The average Bonchev–Trinajstić information content (AvgIpc) is 2.31. The fourth-order valence-corrected chi connectivity index (χ4v) is 1.42. The maximum Gasteiger partial charge on any atom is 0.309 e.